The topological polar surface area (TPSA) is 62.9 Å². The van der Waals surface area contributed by atoms with Gasteiger partial charge in [0.05, 0.1) is 21.3 Å². The van der Waals surface area contributed by atoms with Crippen LogP contribution in [-0.4, -0.2) is 29.6 Å². The zero-order valence-corrected chi connectivity index (χ0v) is 20.7. The van der Waals surface area contributed by atoms with Gasteiger partial charge in [-0.1, -0.05) is 32.9 Å². The molecule has 0 saturated heterocycles. The van der Waals surface area contributed by atoms with Crippen LogP contribution in [0.2, 0.25) is 18.1 Å². The lowest BCUT2D eigenvalue weighted by Crippen LogP contribution is -2.43. The number of methoxy groups -OCH3 is 3. The van der Waals surface area contributed by atoms with Gasteiger partial charge in [-0.25, -0.2) is 0 Å². The highest BCUT2D eigenvalue weighted by Crippen LogP contribution is 2.39. The van der Waals surface area contributed by atoms with Crippen LogP contribution in [0.4, 0.5) is 0 Å². The fourth-order valence-corrected chi connectivity index (χ4v) is 4.05. The van der Waals surface area contributed by atoms with Crippen molar-refractivity contribution in [2.45, 2.75) is 57.8 Å². The third-order valence-corrected chi connectivity index (χ3v) is 10.3. The molecule has 2 N–H and O–H groups in total. The summed E-state index contributed by atoms with van der Waals surface area (Å²) >= 11 is 0. The van der Waals surface area contributed by atoms with Crippen LogP contribution in [0, 0.1) is 0 Å². The molecular weight excluding hydrogens is 394 g/mol. The fourth-order valence-electron chi connectivity index (χ4n) is 3.02. The molecule has 0 aliphatic heterocycles. The van der Waals surface area contributed by atoms with Crippen LogP contribution in [0.1, 0.15) is 44.4 Å². The maximum absolute atomic E-state index is 6.53. The Morgan fingerprint density at radius 1 is 0.933 bits per heavy atom. The number of hydrogen-bond donors (Lipinski definition) is 1. The second-order valence-electron chi connectivity index (χ2n) is 9.11. The van der Waals surface area contributed by atoms with Crippen LogP contribution in [0.25, 0.3) is 0 Å². The van der Waals surface area contributed by atoms with Crippen molar-refractivity contribution < 1.29 is 18.6 Å². The third kappa shape index (κ3) is 5.70. The predicted molar refractivity (Wildman–Crippen MR) is 126 cm³/mol. The third-order valence-electron chi connectivity index (χ3n) is 5.93. The Balaban J connectivity index is 2.13. The zero-order chi connectivity index (χ0) is 22.5. The van der Waals surface area contributed by atoms with Crippen molar-refractivity contribution in [2.75, 3.05) is 21.3 Å². The van der Waals surface area contributed by atoms with E-state index in [1.165, 1.54) is 0 Å². The summed E-state index contributed by atoms with van der Waals surface area (Å²) in [5.41, 5.74) is 8.70. The van der Waals surface area contributed by atoms with Crippen LogP contribution < -0.4 is 24.4 Å². The Labute approximate surface area is 182 Å². The zero-order valence-electron chi connectivity index (χ0n) is 19.7. The summed E-state index contributed by atoms with van der Waals surface area (Å²) in [6.45, 7) is 11.2. The molecule has 0 amide bonds. The first-order valence-electron chi connectivity index (χ1n) is 10.4. The second kappa shape index (κ2) is 9.75. The monoisotopic (exact) mass is 431 g/mol. The van der Waals surface area contributed by atoms with Crippen molar-refractivity contribution in [1.82, 2.24) is 0 Å². The minimum absolute atomic E-state index is 0.0907. The first kappa shape index (κ1) is 24.1. The second-order valence-corrected chi connectivity index (χ2v) is 13.8. The SMILES string of the molecule is COc1cc(CC[C@H](N)c2cccc(O[Si](C)(C)C(C)(C)C)c2)cc(OC)c1OC. The van der Waals surface area contributed by atoms with Gasteiger partial charge < -0.3 is 24.4 Å². The molecule has 0 heterocycles. The summed E-state index contributed by atoms with van der Waals surface area (Å²) in [6.07, 6.45) is 1.59. The molecule has 0 fully saturated rings. The van der Waals surface area contributed by atoms with Crippen LogP contribution >= 0.6 is 0 Å². The maximum atomic E-state index is 6.53. The molecule has 0 radical (unpaired) electrons. The van der Waals surface area contributed by atoms with Crippen molar-refractivity contribution in [1.29, 1.82) is 0 Å². The molecule has 2 rings (SSSR count). The minimum atomic E-state index is -1.89. The Hall–Kier alpha value is -2.18. The van der Waals surface area contributed by atoms with Gasteiger partial charge in [0.25, 0.3) is 0 Å². The van der Waals surface area contributed by atoms with E-state index in [1.54, 1.807) is 21.3 Å². The highest BCUT2D eigenvalue weighted by atomic mass is 28.4. The van der Waals surface area contributed by atoms with Crippen molar-refractivity contribution in [3.05, 3.63) is 47.5 Å². The van der Waals surface area contributed by atoms with Crippen LogP contribution in [0.3, 0.4) is 0 Å². The number of ether oxygens (including phenoxy) is 3. The molecule has 0 saturated carbocycles. The number of aryl methyl sites for hydroxylation is 1. The van der Waals surface area contributed by atoms with Gasteiger partial charge in [0.1, 0.15) is 5.75 Å². The van der Waals surface area contributed by atoms with E-state index in [9.17, 15) is 0 Å². The molecule has 0 aliphatic carbocycles. The quantitative estimate of drug-likeness (QED) is 0.514. The summed E-state index contributed by atoms with van der Waals surface area (Å²) in [6, 6.07) is 12.1. The molecule has 0 bridgehead atoms. The molecule has 2 aromatic carbocycles. The first-order chi connectivity index (χ1) is 14.0. The van der Waals surface area contributed by atoms with E-state index < -0.39 is 8.32 Å². The maximum Gasteiger partial charge on any atom is 0.250 e. The van der Waals surface area contributed by atoms with Crippen molar-refractivity contribution in [3.63, 3.8) is 0 Å². The number of benzene rings is 2. The van der Waals surface area contributed by atoms with E-state index >= 15 is 0 Å². The molecule has 0 aromatic heterocycles. The molecule has 0 spiro atoms. The molecule has 2 aromatic rings. The van der Waals surface area contributed by atoms with Crippen molar-refractivity contribution >= 4 is 8.32 Å². The molecule has 0 unspecified atom stereocenters. The lowest BCUT2D eigenvalue weighted by atomic mass is 9.99. The van der Waals surface area contributed by atoms with E-state index in [0.717, 1.165) is 29.7 Å². The highest BCUT2D eigenvalue weighted by Gasteiger charge is 2.39. The van der Waals surface area contributed by atoms with Gasteiger partial charge in [-0.2, -0.15) is 0 Å². The van der Waals surface area contributed by atoms with Gasteiger partial charge in [-0.05, 0) is 66.4 Å². The van der Waals surface area contributed by atoms with Gasteiger partial charge in [-0.15, -0.1) is 0 Å². The van der Waals surface area contributed by atoms with Crippen LogP contribution in [0.15, 0.2) is 36.4 Å². The molecule has 5 nitrogen and oxygen atoms in total. The van der Waals surface area contributed by atoms with E-state index in [0.29, 0.717) is 17.2 Å². The van der Waals surface area contributed by atoms with Gasteiger partial charge in [0.15, 0.2) is 11.5 Å². The van der Waals surface area contributed by atoms with E-state index in [2.05, 4.69) is 46.0 Å². The number of nitrogens with two attached hydrogens (primary N) is 1. The van der Waals surface area contributed by atoms with Crippen LogP contribution in [-0.2, 0) is 6.42 Å². The van der Waals surface area contributed by atoms with E-state index in [1.807, 2.05) is 24.3 Å². The number of rotatable bonds is 9. The summed E-state index contributed by atoms with van der Waals surface area (Å²) < 4.78 is 22.7. The fraction of sp³-hybridized carbons (Fsp3) is 0.500. The van der Waals surface area contributed by atoms with Gasteiger partial charge in [0, 0.05) is 6.04 Å². The largest absolute Gasteiger partial charge is 0.543 e. The Morgan fingerprint density at radius 2 is 1.53 bits per heavy atom. The van der Waals surface area contributed by atoms with E-state index in [-0.39, 0.29) is 11.1 Å². The summed E-state index contributed by atoms with van der Waals surface area (Å²) in [7, 11) is 2.97. The lowest BCUT2D eigenvalue weighted by Gasteiger charge is -2.36. The minimum Gasteiger partial charge on any atom is -0.543 e. The smallest absolute Gasteiger partial charge is 0.250 e. The summed E-state index contributed by atoms with van der Waals surface area (Å²) in [4.78, 5) is 0. The lowest BCUT2D eigenvalue weighted by molar-refractivity contribution is 0.323. The van der Waals surface area contributed by atoms with Crippen molar-refractivity contribution in [2.24, 2.45) is 5.73 Å². The first-order valence-corrected chi connectivity index (χ1v) is 13.3. The molecule has 6 heteroatoms. The van der Waals surface area contributed by atoms with Crippen LogP contribution in [0.5, 0.6) is 23.0 Å². The van der Waals surface area contributed by atoms with Gasteiger partial charge in [-0.3, -0.25) is 0 Å². The molecular formula is C24H37NO4Si. The Morgan fingerprint density at radius 3 is 2.03 bits per heavy atom. The molecule has 1 atom stereocenters. The van der Waals surface area contributed by atoms with Gasteiger partial charge >= 0.3 is 0 Å². The summed E-state index contributed by atoms with van der Waals surface area (Å²) in [5.74, 6) is 2.82. The standard InChI is InChI=1S/C24H37NO4Si/c1-24(2,3)30(7,8)29-19-11-9-10-18(16-19)20(25)13-12-17-14-21(26-4)23(28-6)22(15-17)27-5/h9-11,14-16,20H,12-13,25H2,1-8H3/t20-/m0/s1. The number of hydrogen-bond acceptors (Lipinski definition) is 5. The Bertz CT molecular complexity index is 820. The average molecular weight is 432 g/mol. The summed E-state index contributed by atoms with van der Waals surface area (Å²) in [5, 5.41) is 0.150. The normalized spacial score (nSPS) is 13.0. The predicted octanol–water partition coefficient (Wildman–Crippen LogP) is 5.73. The molecule has 30 heavy (non-hydrogen) atoms. The molecule has 0 aliphatic rings. The van der Waals surface area contributed by atoms with E-state index in [4.69, 9.17) is 24.4 Å². The van der Waals surface area contributed by atoms with Crippen molar-refractivity contribution in [3.8, 4) is 23.0 Å². The Kier molecular flexibility index (Phi) is 7.83. The molecule has 166 valence electrons. The van der Waals surface area contributed by atoms with Gasteiger partial charge in [0.2, 0.25) is 14.1 Å². The average Bonchev–Trinajstić information content (AvgIpc) is 2.70. The highest BCUT2D eigenvalue weighted by molar-refractivity contribution is 6.74.